The second-order valence-corrected chi connectivity index (χ2v) is 2.22. The summed E-state index contributed by atoms with van der Waals surface area (Å²) in [7, 11) is -8.80. The Morgan fingerprint density at radius 1 is 1.07 bits per heavy atom. The molecule has 0 saturated carbocycles. The molecule has 0 radical (unpaired) electrons. The van der Waals surface area contributed by atoms with E-state index < -0.39 is 25.7 Å². The number of carboxylic acid groups (broad SMARTS) is 2. The molecule has 0 aliphatic heterocycles. The van der Waals surface area contributed by atoms with E-state index in [1.807, 2.05) is 0 Å². The molecule has 0 saturated heterocycles. The summed E-state index contributed by atoms with van der Waals surface area (Å²) in [6.45, 7) is 0. The van der Waals surface area contributed by atoms with E-state index in [9.17, 15) is 0 Å². The maximum atomic E-state index is 8.52. The summed E-state index contributed by atoms with van der Waals surface area (Å²) in [5.74, 6) is 0. The monoisotopic (exact) mass is 256 g/mol. The maximum Gasteiger partial charge on any atom is 2.00 e. The Labute approximate surface area is 95.4 Å². The minimum atomic E-state index is -5.17. The molecule has 0 spiro atoms. The zero-order valence-electron chi connectivity index (χ0n) is 6.20. The van der Waals surface area contributed by atoms with Crippen LogP contribution in [0.15, 0.2) is 0 Å². The van der Waals surface area contributed by atoms with Crippen molar-refractivity contribution in [3.8, 4) is 0 Å². The van der Waals surface area contributed by atoms with Gasteiger partial charge in [-0.15, -0.1) is 0 Å². The van der Waals surface area contributed by atoms with Crippen LogP contribution < -0.4 is 19.8 Å². The van der Waals surface area contributed by atoms with E-state index in [0.29, 0.717) is 0 Å². The number of rotatable bonds is 0. The molecular formula is CMgO10SSi-4. The molecule has 0 fully saturated rings. The summed E-state index contributed by atoms with van der Waals surface area (Å²) in [5.41, 5.74) is 0. The van der Waals surface area contributed by atoms with Gasteiger partial charge in [-0.2, -0.15) is 0 Å². The predicted octanol–water partition coefficient (Wildman–Crippen LogP) is -7.04. The molecule has 0 aromatic carbocycles. The van der Waals surface area contributed by atoms with Gasteiger partial charge in [0.05, 0.1) is 0 Å². The number of hydrogen-bond acceptors (Lipinski definition) is 10. The molecule has 0 aliphatic rings. The van der Waals surface area contributed by atoms with Crippen LogP contribution in [0, 0.1) is 0 Å². The van der Waals surface area contributed by atoms with Crippen molar-refractivity contribution in [3.05, 3.63) is 0 Å². The van der Waals surface area contributed by atoms with Gasteiger partial charge in [0.1, 0.15) is 0 Å². The molecule has 0 heterocycles. The van der Waals surface area contributed by atoms with Crippen LogP contribution in [0.5, 0.6) is 0 Å². The molecule has 0 aromatic heterocycles. The van der Waals surface area contributed by atoms with Crippen LogP contribution in [0.25, 0.3) is 0 Å². The number of hydrogen-bond donors (Lipinski definition) is 0. The van der Waals surface area contributed by atoms with Gasteiger partial charge in [-0.05, 0) is 6.16 Å². The fourth-order valence-corrected chi connectivity index (χ4v) is 0. The summed E-state index contributed by atoms with van der Waals surface area (Å²) >= 11 is 0. The van der Waals surface area contributed by atoms with Crippen LogP contribution in [0.1, 0.15) is 0 Å². The summed E-state index contributed by atoms with van der Waals surface area (Å²) in [6.07, 6.45) is -2.33. The molecule has 0 rings (SSSR count). The first kappa shape index (κ1) is 23.4. The fraction of sp³-hybridized carbons (Fsp3) is 0. The molecule has 13 heteroatoms. The van der Waals surface area contributed by atoms with Crippen LogP contribution >= 0.6 is 0 Å². The smallest absolute Gasteiger partial charge is 0.759 e. The van der Waals surface area contributed by atoms with E-state index in [-0.39, 0.29) is 23.1 Å². The van der Waals surface area contributed by atoms with Crippen molar-refractivity contribution in [3.63, 3.8) is 0 Å². The van der Waals surface area contributed by atoms with Gasteiger partial charge in [0, 0.05) is 19.6 Å². The van der Waals surface area contributed by atoms with Crippen LogP contribution in [-0.2, 0) is 14.9 Å². The third-order valence-electron chi connectivity index (χ3n) is 0. The topological polar surface area (TPSA) is 207 Å². The summed E-state index contributed by atoms with van der Waals surface area (Å²) in [5, 5.41) is 16.7. The van der Waals surface area contributed by atoms with E-state index in [4.69, 9.17) is 46.6 Å². The molecule has 0 aliphatic carbocycles. The first-order valence-electron chi connectivity index (χ1n) is 1.89. The minimum absolute atomic E-state index is 0. The molecule has 80 valence electrons. The van der Waals surface area contributed by atoms with Crippen LogP contribution in [0.2, 0.25) is 0 Å². The van der Waals surface area contributed by atoms with Gasteiger partial charge in [-0.25, -0.2) is 0 Å². The Bertz CT molecular complexity index is 215. The van der Waals surface area contributed by atoms with Crippen molar-refractivity contribution >= 4 is 48.8 Å². The maximum absolute atomic E-state index is 8.52. The molecule has 0 amide bonds. The van der Waals surface area contributed by atoms with Crippen molar-refractivity contribution in [2.45, 2.75) is 0 Å². The van der Waals surface area contributed by atoms with Gasteiger partial charge in [0.25, 0.3) is 0 Å². The van der Waals surface area contributed by atoms with Crippen molar-refractivity contribution < 1.29 is 46.6 Å². The van der Waals surface area contributed by atoms with Crippen LogP contribution in [0.4, 0.5) is 4.79 Å². The van der Waals surface area contributed by atoms with Crippen molar-refractivity contribution in [1.82, 2.24) is 0 Å². The van der Waals surface area contributed by atoms with Crippen molar-refractivity contribution in [1.29, 1.82) is 0 Å². The predicted molar refractivity (Wildman–Crippen MR) is 28.1 cm³/mol. The molecule has 0 bridgehead atoms. The van der Waals surface area contributed by atoms with Crippen molar-refractivity contribution in [2.75, 3.05) is 0 Å². The van der Waals surface area contributed by atoms with Gasteiger partial charge < -0.3 is 38.2 Å². The Balaban J connectivity index is -0.0000000522. The molecule has 14 heavy (non-hydrogen) atoms. The van der Waals surface area contributed by atoms with E-state index >= 15 is 0 Å². The first-order chi connectivity index (χ1) is 5.46. The molecule has 0 atom stereocenters. The zero-order valence-corrected chi connectivity index (χ0v) is 9.43. The van der Waals surface area contributed by atoms with E-state index in [1.54, 1.807) is 0 Å². The quantitative estimate of drug-likeness (QED) is 0.227. The second-order valence-electron chi connectivity index (χ2n) is 0.908. The Hall–Kier alpha value is -0.477. The van der Waals surface area contributed by atoms with Crippen molar-refractivity contribution in [2.24, 2.45) is 0 Å². The molecule has 0 aromatic rings. The third kappa shape index (κ3) is 5610. The molecule has 0 unspecified atom stereocenters. The Kier molecular flexibility index (Phi) is 20.9. The normalized spacial score (nSPS) is 7.57. The summed E-state index contributed by atoms with van der Waals surface area (Å²) in [6, 6.07) is 0. The van der Waals surface area contributed by atoms with Gasteiger partial charge in [0.2, 0.25) is 0 Å². The molecule has 10 nitrogen and oxygen atoms in total. The van der Waals surface area contributed by atoms with Gasteiger partial charge in [-0.3, -0.25) is 8.42 Å². The Morgan fingerprint density at radius 3 is 1.07 bits per heavy atom. The SMILES string of the molecule is O=C([O-])[O-].O=S(=O)([O-])[O-].O=[Si]([O-])[O-].[Mg+2]. The molecular weight excluding hydrogens is 256 g/mol. The largest absolute Gasteiger partial charge is 2.00 e. The fourth-order valence-electron chi connectivity index (χ4n) is 0. The van der Waals surface area contributed by atoms with E-state index in [0.717, 1.165) is 0 Å². The average molecular weight is 256 g/mol. The summed E-state index contributed by atoms with van der Waals surface area (Å²) in [4.78, 5) is 25.4. The third-order valence-corrected chi connectivity index (χ3v) is 0. The zero-order chi connectivity index (χ0) is 11.7. The van der Waals surface area contributed by atoms with Gasteiger partial charge in [-0.1, -0.05) is 0 Å². The van der Waals surface area contributed by atoms with Crippen LogP contribution in [0.3, 0.4) is 0 Å². The van der Waals surface area contributed by atoms with Gasteiger partial charge >= 0.3 is 23.1 Å². The Morgan fingerprint density at radius 2 is 1.07 bits per heavy atom. The number of carbonyl (C=O) groups is 1. The summed E-state index contributed by atoms with van der Waals surface area (Å²) < 4.78 is 42.6. The van der Waals surface area contributed by atoms with Crippen LogP contribution in [-0.4, -0.2) is 55.9 Å². The minimum Gasteiger partial charge on any atom is -0.759 e. The van der Waals surface area contributed by atoms with E-state index in [1.165, 1.54) is 0 Å². The standard InChI is InChI=1S/CH2O3.Mg.H2O4S.O3Si/c2-1(3)4;;1-5(2,3)4;1-4(2)3/h(H2,2,3,4);;(H2,1,2,3,4);/q;+2;;-2/p-4. The average Bonchev–Trinajstić information content (AvgIpc) is 1.50. The van der Waals surface area contributed by atoms with Gasteiger partial charge in [0.15, 0.2) is 0 Å². The first-order valence-corrected chi connectivity index (χ1v) is 4.45. The number of carbonyl (C=O) groups excluding carboxylic acids is 1. The van der Waals surface area contributed by atoms with E-state index in [2.05, 4.69) is 0 Å². The molecule has 0 N–H and O–H groups in total. The second kappa shape index (κ2) is 12.5.